The molecule has 2 heteroatoms. The molecule has 0 unspecified atom stereocenters. The average Bonchev–Trinajstić information content (AvgIpc) is 2.48. The third-order valence-corrected chi connectivity index (χ3v) is 4.38. The van der Waals surface area contributed by atoms with E-state index in [2.05, 4.69) is 47.8 Å². The summed E-state index contributed by atoms with van der Waals surface area (Å²) in [6.45, 7) is 1.53. The molecule has 2 aromatic rings. The van der Waals surface area contributed by atoms with Crippen molar-refractivity contribution in [1.82, 2.24) is 5.32 Å². The van der Waals surface area contributed by atoms with E-state index in [9.17, 15) is 5.11 Å². The molecule has 2 nitrogen and oxygen atoms in total. The molecule has 0 heterocycles. The first kappa shape index (κ1) is 13.6. The van der Waals surface area contributed by atoms with Gasteiger partial charge in [0.2, 0.25) is 0 Å². The molecule has 0 aromatic heterocycles. The summed E-state index contributed by atoms with van der Waals surface area (Å²) in [5, 5.41) is 16.4. The molecular weight excluding hydrogens is 246 g/mol. The minimum absolute atomic E-state index is 0.477. The number of aliphatic hydroxyl groups is 1. The number of hydrogen-bond acceptors (Lipinski definition) is 2. The zero-order valence-electron chi connectivity index (χ0n) is 11.9. The normalized spacial score (nSPS) is 18.2. The van der Waals surface area contributed by atoms with Crippen LogP contribution in [-0.4, -0.2) is 17.3 Å². The Morgan fingerprint density at radius 2 is 1.70 bits per heavy atom. The number of rotatable bonds is 4. The summed E-state index contributed by atoms with van der Waals surface area (Å²) >= 11 is 0. The molecule has 2 aromatic carbocycles. The SMILES string of the molecule is OC1(CNCc2ccc3ccccc3c2)CCCCC1. The van der Waals surface area contributed by atoms with Crippen molar-refractivity contribution in [2.24, 2.45) is 0 Å². The summed E-state index contributed by atoms with van der Waals surface area (Å²) in [5.41, 5.74) is 0.804. The van der Waals surface area contributed by atoms with Crippen LogP contribution in [0.25, 0.3) is 10.8 Å². The molecule has 0 radical (unpaired) electrons. The van der Waals surface area contributed by atoms with E-state index in [1.165, 1.54) is 22.8 Å². The Balaban J connectivity index is 1.59. The highest BCUT2D eigenvalue weighted by Crippen LogP contribution is 2.27. The summed E-state index contributed by atoms with van der Waals surface area (Å²) in [7, 11) is 0. The molecule has 0 aliphatic heterocycles. The molecule has 1 fully saturated rings. The average molecular weight is 269 g/mol. The molecule has 3 rings (SSSR count). The predicted octanol–water partition coefficient (Wildman–Crippen LogP) is 3.62. The van der Waals surface area contributed by atoms with Crippen LogP contribution in [0.3, 0.4) is 0 Å². The summed E-state index contributed by atoms with van der Waals surface area (Å²) in [4.78, 5) is 0. The quantitative estimate of drug-likeness (QED) is 0.888. The second-order valence-electron chi connectivity index (χ2n) is 6.07. The van der Waals surface area contributed by atoms with Crippen molar-refractivity contribution in [3.8, 4) is 0 Å². The zero-order valence-corrected chi connectivity index (χ0v) is 11.9. The molecule has 0 amide bonds. The van der Waals surface area contributed by atoms with E-state index in [0.717, 1.165) is 32.2 Å². The maximum absolute atomic E-state index is 10.5. The second-order valence-corrected chi connectivity index (χ2v) is 6.07. The monoisotopic (exact) mass is 269 g/mol. The standard InChI is InChI=1S/C18H23NO/c20-18(10-4-1-5-11-18)14-19-13-15-8-9-16-6-2-3-7-17(16)12-15/h2-3,6-9,12,19-20H,1,4-5,10-11,13-14H2. The van der Waals surface area contributed by atoms with Gasteiger partial charge in [0.1, 0.15) is 0 Å². The van der Waals surface area contributed by atoms with Gasteiger partial charge in [0, 0.05) is 13.1 Å². The number of hydrogen-bond donors (Lipinski definition) is 2. The van der Waals surface area contributed by atoms with Gasteiger partial charge in [-0.25, -0.2) is 0 Å². The van der Waals surface area contributed by atoms with Crippen LogP contribution >= 0.6 is 0 Å². The minimum atomic E-state index is -0.477. The van der Waals surface area contributed by atoms with Gasteiger partial charge in [-0.3, -0.25) is 0 Å². The van der Waals surface area contributed by atoms with Crippen molar-refractivity contribution in [3.05, 3.63) is 48.0 Å². The van der Waals surface area contributed by atoms with Crippen molar-refractivity contribution < 1.29 is 5.11 Å². The van der Waals surface area contributed by atoms with Gasteiger partial charge in [-0.15, -0.1) is 0 Å². The van der Waals surface area contributed by atoms with Gasteiger partial charge in [0.05, 0.1) is 5.60 Å². The third kappa shape index (κ3) is 3.20. The van der Waals surface area contributed by atoms with Gasteiger partial charge in [-0.05, 0) is 35.2 Å². The van der Waals surface area contributed by atoms with Crippen LogP contribution in [0.15, 0.2) is 42.5 Å². The molecule has 106 valence electrons. The summed E-state index contributed by atoms with van der Waals surface area (Å²) in [6, 6.07) is 15.0. The molecule has 2 N–H and O–H groups in total. The number of nitrogens with one attached hydrogen (secondary N) is 1. The maximum atomic E-state index is 10.5. The Kier molecular flexibility index (Phi) is 4.04. The fraction of sp³-hybridized carbons (Fsp3) is 0.444. The van der Waals surface area contributed by atoms with E-state index in [1.54, 1.807) is 0 Å². The predicted molar refractivity (Wildman–Crippen MR) is 83.7 cm³/mol. The molecule has 0 bridgehead atoms. The smallest absolute Gasteiger partial charge is 0.0771 e. The van der Waals surface area contributed by atoms with Crippen LogP contribution in [-0.2, 0) is 6.54 Å². The van der Waals surface area contributed by atoms with Gasteiger partial charge < -0.3 is 10.4 Å². The fourth-order valence-corrected chi connectivity index (χ4v) is 3.17. The highest BCUT2D eigenvalue weighted by atomic mass is 16.3. The first-order valence-corrected chi connectivity index (χ1v) is 7.66. The van der Waals surface area contributed by atoms with Crippen LogP contribution < -0.4 is 5.32 Å². The third-order valence-electron chi connectivity index (χ3n) is 4.38. The van der Waals surface area contributed by atoms with E-state index in [4.69, 9.17) is 0 Å². The van der Waals surface area contributed by atoms with Crippen LogP contribution in [0.5, 0.6) is 0 Å². The van der Waals surface area contributed by atoms with Gasteiger partial charge in [0.15, 0.2) is 0 Å². The minimum Gasteiger partial charge on any atom is -0.389 e. The Morgan fingerprint density at radius 1 is 0.950 bits per heavy atom. The van der Waals surface area contributed by atoms with Gasteiger partial charge in [0.25, 0.3) is 0 Å². The highest BCUT2D eigenvalue weighted by molar-refractivity contribution is 5.82. The van der Waals surface area contributed by atoms with Crippen LogP contribution in [0.1, 0.15) is 37.7 Å². The topological polar surface area (TPSA) is 32.3 Å². The van der Waals surface area contributed by atoms with Crippen LogP contribution in [0, 0.1) is 0 Å². The van der Waals surface area contributed by atoms with Gasteiger partial charge >= 0.3 is 0 Å². The van der Waals surface area contributed by atoms with E-state index >= 15 is 0 Å². The Bertz CT molecular complexity index is 572. The molecule has 0 spiro atoms. The summed E-state index contributed by atoms with van der Waals surface area (Å²) in [5.74, 6) is 0. The zero-order chi connectivity index (χ0) is 13.8. The molecule has 1 aliphatic carbocycles. The molecule has 0 atom stereocenters. The lowest BCUT2D eigenvalue weighted by molar-refractivity contribution is 0.00468. The van der Waals surface area contributed by atoms with E-state index < -0.39 is 5.60 Å². The molecular formula is C18H23NO. The van der Waals surface area contributed by atoms with Crippen molar-refractivity contribution in [2.45, 2.75) is 44.2 Å². The summed E-state index contributed by atoms with van der Waals surface area (Å²) in [6.07, 6.45) is 5.48. The van der Waals surface area contributed by atoms with Crippen molar-refractivity contribution in [3.63, 3.8) is 0 Å². The lowest BCUT2D eigenvalue weighted by Gasteiger charge is -2.32. The highest BCUT2D eigenvalue weighted by Gasteiger charge is 2.28. The van der Waals surface area contributed by atoms with Gasteiger partial charge in [-0.1, -0.05) is 55.7 Å². The lowest BCUT2D eigenvalue weighted by atomic mass is 9.85. The molecule has 1 aliphatic rings. The Morgan fingerprint density at radius 3 is 2.50 bits per heavy atom. The van der Waals surface area contributed by atoms with Crippen molar-refractivity contribution in [1.29, 1.82) is 0 Å². The molecule has 20 heavy (non-hydrogen) atoms. The Labute approximate surface area is 120 Å². The second kappa shape index (κ2) is 5.94. The lowest BCUT2D eigenvalue weighted by Crippen LogP contribution is -2.41. The van der Waals surface area contributed by atoms with Crippen molar-refractivity contribution >= 4 is 10.8 Å². The van der Waals surface area contributed by atoms with Gasteiger partial charge in [-0.2, -0.15) is 0 Å². The van der Waals surface area contributed by atoms with Crippen molar-refractivity contribution in [2.75, 3.05) is 6.54 Å². The van der Waals surface area contributed by atoms with Crippen LogP contribution in [0.2, 0.25) is 0 Å². The fourth-order valence-electron chi connectivity index (χ4n) is 3.17. The van der Waals surface area contributed by atoms with E-state index in [0.29, 0.717) is 6.54 Å². The molecule has 0 saturated heterocycles. The number of fused-ring (bicyclic) bond motifs is 1. The first-order valence-electron chi connectivity index (χ1n) is 7.66. The maximum Gasteiger partial charge on any atom is 0.0771 e. The van der Waals surface area contributed by atoms with E-state index in [-0.39, 0.29) is 0 Å². The summed E-state index contributed by atoms with van der Waals surface area (Å²) < 4.78 is 0. The van der Waals surface area contributed by atoms with Crippen LogP contribution in [0.4, 0.5) is 0 Å². The first-order chi connectivity index (χ1) is 9.75. The van der Waals surface area contributed by atoms with E-state index in [1.807, 2.05) is 0 Å². The number of benzene rings is 2. The Hall–Kier alpha value is -1.38. The largest absolute Gasteiger partial charge is 0.389 e. The molecule has 1 saturated carbocycles.